The first-order valence-electron chi connectivity index (χ1n) is 7.80. The maximum atomic E-state index is 12.0. The number of urea groups is 1. The minimum atomic E-state index is -1.12. The molecule has 1 heterocycles. The van der Waals surface area contributed by atoms with E-state index in [0.29, 0.717) is 6.54 Å². The van der Waals surface area contributed by atoms with Crippen LogP contribution in [0.1, 0.15) is 18.1 Å². The van der Waals surface area contributed by atoms with E-state index in [-0.39, 0.29) is 12.6 Å². The van der Waals surface area contributed by atoms with E-state index >= 15 is 0 Å². The van der Waals surface area contributed by atoms with Gasteiger partial charge >= 0.3 is 6.03 Å². The Bertz CT molecular complexity index is 672. The maximum Gasteiger partial charge on any atom is 0.315 e. The average molecular weight is 328 g/mol. The SMILES string of the molecule is CN(C)c1cc(CNC(=O)NCC(C)(O)c2ccccc2)ccn1. The summed E-state index contributed by atoms with van der Waals surface area (Å²) in [6.45, 7) is 2.19. The van der Waals surface area contributed by atoms with E-state index in [1.54, 1.807) is 13.1 Å². The summed E-state index contributed by atoms with van der Waals surface area (Å²) in [7, 11) is 3.83. The van der Waals surface area contributed by atoms with Crippen LogP contribution < -0.4 is 15.5 Å². The number of carbonyl (C=O) groups excluding carboxylic acids is 1. The van der Waals surface area contributed by atoms with Crippen molar-refractivity contribution in [3.05, 3.63) is 59.8 Å². The molecule has 2 aromatic rings. The molecule has 128 valence electrons. The number of aromatic nitrogens is 1. The van der Waals surface area contributed by atoms with Crippen LogP contribution in [0.5, 0.6) is 0 Å². The third-order valence-electron chi connectivity index (χ3n) is 3.71. The number of pyridine rings is 1. The van der Waals surface area contributed by atoms with Crippen molar-refractivity contribution in [2.45, 2.75) is 19.1 Å². The smallest absolute Gasteiger partial charge is 0.315 e. The summed E-state index contributed by atoms with van der Waals surface area (Å²) in [5.74, 6) is 0.835. The minimum Gasteiger partial charge on any atom is -0.384 e. The molecule has 24 heavy (non-hydrogen) atoms. The lowest BCUT2D eigenvalue weighted by molar-refractivity contribution is 0.0594. The number of rotatable bonds is 6. The molecule has 0 saturated carbocycles. The molecule has 0 fully saturated rings. The quantitative estimate of drug-likeness (QED) is 0.756. The van der Waals surface area contributed by atoms with Gasteiger partial charge in [0.15, 0.2) is 0 Å². The fourth-order valence-corrected chi connectivity index (χ4v) is 2.21. The molecule has 2 amide bonds. The lowest BCUT2D eigenvalue weighted by Gasteiger charge is -2.24. The van der Waals surface area contributed by atoms with Crippen LogP contribution in [0.4, 0.5) is 10.6 Å². The van der Waals surface area contributed by atoms with Crippen molar-refractivity contribution in [2.75, 3.05) is 25.5 Å². The number of hydrogen-bond acceptors (Lipinski definition) is 4. The lowest BCUT2D eigenvalue weighted by atomic mass is 9.96. The molecule has 0 radical (unpaired) electrons. The summed E-state index contributed by atoms with van der Waals surface area (Å²) >= 11 is 0. The number of nitrogens with zero attached hydrogens (tertiary/aromatic N) is 2. The number of amides is 2. The summed E-state index contributed by atoms with van der Waals surface area (Å²) < 4.78 is 0. The van der Waals surface area contributed by atoms with Crippen molar-refractivity contribution in [3.8, 4) is 0 Å². The van der Waals surface area contributed by atoms with E-state index in [0.717, 1.165) is 16.9 Å². The second-order valence-electron chi connectivity index (χ2n) is 6.09. The molecule has 0 aliphatic carbocycles. The van der Waals surface area contributed by atoms with Gasteiger partial charge in [0.1, 0.15) is 11.4 Å². The fourth-order valence-electron chi connectivity index (χ4n) is 2.21. The first kappa shape index (κ1) is 17.7. The molecule has 0 aliphatic heterocycles. The average Bonchev–Trinajstić information content (AvgIpc) is 2.59. The molecule has 0 spiro atoms. The van der Waals surface area contributed by atoms with Crippen molar-refractivity contribution in [2.24, 2.45) is 0 Å². The molecule has 1 aromatic carbocycles. The first-order valence-corrected chi connectivity index (χ1v) is 7.80. The van der Waals surface area contributed by atoms with Gasteiger partial charge in [0.2, 0.25) is 0 Å². The van der Waals surface area contributed by atoms with Crippen LogP contribution >= 0.6 is 0 Å². The van der Waals surface area contributed by atoms with Gasteiger partial charge in [0, 0.05) is 26.8 Å². The number of hydrogen-bond donors (Lipinski definition) is 3. The number of nitrogens with one attached hydrogen (secondary N) is 2. The summed E-state index contributed by atoms with van der Waals surface area (Å²) in [4.78, 5) is 18.1. The summed E-state index contributed by atoms with van der Waals surface area (Å²) in [5, 5.41) is 15.9. The predicted octanol–water partition coefficient (Wildman–Crippen LogP) is 1.85. The third kappa shape index (κ3) is 4.96. The second-order valence-corrected chi connectivity index (χ2v) is 6.09. The largest absolute Gasteiger partial charge is 0.384 e. The van der Waals surface area contributed by atoms with Crippen LogP contribution in [0.2, 0.25) is 0 Å². The van der Waals surface area contributed by atoms with E-state index in [9.17, 15) is 9.90 Å². The molecule has 6 nitrogen and oxygen atoms in total. The Morgan fingerprint density at radius 2 is 1.92 bits per heavy atom. The van der Waals surface area contributed by atoms with Gasteiger partial charge < -0.3 is 20.6 Å². The Kier molecular flexibility index (Phi) is 5.76. The molecule has 1 atom stereocenters. The van der Waals surface area contributed by atoms with Crippen molar-refractivity contribution < 1.29 is 9.90 Å². The Morgan fingerprint density at radius 3 is 2.58 bits per heavy atom. The van der Waals surface area contributed by atoms with E-state index in [2.05, 4.69) is 15.6 Å². The van der Waals surface area contributed by atoms with Crippen molar-refractivity contribution in [1.82, 2.24) is 15.6 Å². The van der Waals surface area contributed by atoms with Crippen LogP contribution in [0.3, 0.4) is 0 Å². The summed E-state index contributed by atoms with van der Waals surface area (Å²) in [6.07, 6.45) is 1.71. The highest BCUT2D eigenvalue weighted by molar-refractivity contribution is 5.74. The Hall–Kier alpha value is -2.60. The number of aliphatic hydroxyl groups is 1. The highest BCUT2D eigenvalue weighted by atomic mass is 16.3. The molecule has 0 bridgehead atoms. The Morgan fingerprint density at radius 1 is 1.21 bits per heavy atom. The maximum absolute atomic E-state index is 12.0. The van der Waals surface area contributed by atoms with Gasteiger partial charge in [0.25, 0.3) is 0 Å². The standard InChI is InChI=1S/C18H24N4O2/c1-18(24,15-7-5-4-6-8-15)13-21-17(23)20-12-14-9-10-19-16(11-14)22(2)3/h4-11,24H,12-13H2,1-3H3,(H2,20,21,23). The van der Waals surface area contributed by atoms with Gasteiger partial charge in [-0.1, -0.05) is 30.3 Å². The van der Waals surface area contributed by atoms with Crippen LogP contribution in [0, 0.1) is 0 Å². The Balaban J connectivity index is 1.84. The molecule has 3 N–H and O–H groups in total. The van der Waals surface area contributed by atoms with Gasteiger partial charge in [-0.05, 0) is 30.2 Å². The topological polar surface area (TPSA) is 77.5 Å². The van der Waals surface area contributed by atoms with Gasteiger partial charge in [-0.25, -0.2) is 9.78 Å². The monoisotopic (exact) mass is 328 g/mol. The first-order chi connectivity index (χ1) is 11.4. The van der Waals surface area contributed by atoms with Crippen molar-refractivity contribution in [1.29, 1.82) is 0 Å². The Labute approximate surface area is 142 Å². The van der Waals surface area contributed by atoms with E-state index in [4.69, 9.17) is 0 Å². The summed E-state index contributed by atoms with van der Waals surface area (Å²) in [5.41, 5.74) is 0.599. The minimum absolute atomic E-state index is 0.127. The molecule has 1 unspecified atom stereocenters. The van der Waals surface area contributed by atoms with Crippen LogP contribution in [-0.4, -0.2) is 36.8 Å². The lowest BCUT2D eigenvalue weighted by Crippen LogP contribution is -2.43. The predicted molar refractivity (Wildman–Crippen MR) is 94.8 cm³/mol. The van der Waals surface area contributed by atoms with Crippen LogP contribution in [0.15, 0.2) is 48.7 Å². The zero-order chi connectivity index (χ0) is 17.6. The normalized spacial score (nSPS) is 13.0. The molecule has 0 saturated heterocycles. The number of benzene rings is 1. The van der Waals surface area contributed by atoms with Crippen LogP contribution in [-0.2, 0) is 12.1 Å². The van der Waals surface area contributed by atoms with Crippen molar-refractivity contribution in [3.63, 3.8) is 0 Å². The zero-order valence-electron chi connectivity index (χ0n) is 14.3. The zero-order valence-corrected chi connectivity index (χ0v) is 14.3. The van der Waals surface area contributed by atoms with Gasteiger partial charge in [0.05, 0.1) is 6.54 Å². The number of anilines is 1. The third-order valence-corrected chi connectivity index (χ3v) is 3.71. The van der Waals surface area contributed by atoms with Gasteiger partial charge in [-0.15, -0.1) is 0 Å². The molecule has 2 rings (SSSR count). The van der Waals surface area contributed by atoms with Gasteiger partial charge in [-0.3, -0.25) is 0 Å². The summed E-state index contributed by atoms with van der Waals surface area (Å²) in [6, 6.07) is 12.7. The van der Waals surface area contributed by atoms with E-state index in [1.807, 2.05) is 61.5 Å². The second kappa shape index (κ2) is 7.79. The highest BCUT2D eigenvalue weighted by Crippen LogP contribution is 2.18. The molecular weight excluding hydrogens is 304 g/mol. The fraction of sp³-hybridized carbons (Fsp3) is 0.333. The molecule has 0 aliphatic rings. The molecule has 1 aromatic heterocycles. The molecular formula is C18H24N4O2. The number of carbonyl (C=O) groups is 1. The van der Waals surface area contributed by atoms with Crippen molar-refractivity contribution >= 4 is 11.8 Å². The van der Waals surface area contributed by atoms with Gasteiger partial charge in [-0.2, -0.15) is 0 Å². The van der Waals surface area contributed by atoms with Crippen LogP contribution in [0.25, 0.3) is 0 Å². The molecule has 6 heteroatoms. The highest BCUT2D eigenvalue weighted by Gasteiger charge is 2.23. The van der Waals surface area contributed by atoms with E-state index < -0.39 is 5.60 Å². The van der Waals surface area contributed by atoms with E-state index in [1.165, 1.54) is 0 Å².